The Kier molecular flexibility index (Phi) is 8.65. The summed E-state index contributed by atoms with van der Waals surface area (Å²) < 4.78 is 6.31. The fraction of sp³-hybridized carbons (Fsp3) is 0.300. The molecule has 0 aliphatic heterocycles. The summed E-state index contributed by atoms with van der Waals surface area (Å²) in [5, 5.41) is 4.76. The highest BCUT2D eigenvalue weighted by atomic mass is 79.9. The summed E-state index contributed by atoms with van der Waals surface area (Å²) in [4.78, 5) is 12.1. The smallest absolute Gasteiger partial charge is 0.277 e. The van der Waals surface area contributed by atoms with Crippen LogP contribution in [0, 0.1) is 0 Å². The monoisotopic (exact) mass is 436 g/mol. The normalized spacial score (nSPS) is 11.3. The van der Waals surface area contributed by atoms with Crippen LogP contribution in [0.3, 0.4) is 0 Å². The summed E-state index contributed by atoms with van der Waals surface area (Å²) in [6.45, 7) is 2.01. The van der Waals surface area contributed by atoms with E-state index in [9.17, 15) is 4.79 Å². The summed E-state index contributed by atoms with van der Waals surface area (Å²) >= 11 is 9.41. The minimum atomic E-state index is -0.326. The maximum atomic E-state index is 12.1. The van der Waals surface area contributed by atoms with E-state index >= 15 is 0 Å². The lowest BCUT2D eigenvalue weighted by Crippen LogP contribution is -2.26. The fourth-order valence-corrected chi connectivity index (χ4v) is 3.06. The number of benzene rings is 2. The molecule has 0 aliphatic carbocycles. The number of nitrogens with zero attached hydrogens (tertiary/aromatic N) is 1. The van der Waals surface area contributed by atoms with Crippen molar-refractivity contribution in [2.75, 3.05) is 6.61 Å². The Morgan fingerprint density at radius 1 is 1.19 bits per heavy atom. The second-order valence-electron chi connectivity index (χ2n) is 5.78. The lowest BCUT2D eigenvalue weighted by Gasteiger charge is -2.09. The standard InChI is InChI=1S/C20H22BrClN2O2/c1-2-3-5-10-18(15-8-6-4-7-9-15)23-24-20(25)14-26-19-12-11-16(21)13-17(19)22/h4,6-9,11-13H,2-3,5,10,14H2,1H3,(H,24,25). The van der Waals surface area contributed by atoms with Gasteiger partial charge in [-0.3, -0.25) is 4.79 Å². The van der Waals surface area contributed by atoms with Gasteiger partial charge in [-0.25, -0.2) is 5.43 Å². The highest BCUT2D eigenvalue weighted by molar-refractivity contribution is 9.10. The number of carbonyl (C=O) groups excluding carboxylic acids is 1. The lowest BCUT2D eigenvalue weighted by atomic mass is 10.0. The van der Waals surface area contributed by atoms with E-state index in [4.69, 9.17) is 16.3 Å². The van der Waals surface area contributed by atoms with Gasteiger partial charge in [0.05, 0.1) is 10.7 Å². The van der Waals surface area contributed by atoms with E-state index in [1.807, 2.05) is 30.3 Å². The van der Waals surface area contributed by atoms with Crippen molar-refractivity contribution in [1.82, 2.24) is 5.43 Å². The van der Waals surface area contributed by atoms with Gasteiger partial charge in [0.1, 0.15) is 5.75 Å². The Morgan fingerprint density at radius 2 is 1.96 bits per heavy atom. The number of ether oxygens (including phenoxy) is 1. The zero-order valence-corrected chi connectivity index (χ0v) is 17.0. The van der Waals surface area contributed by atoms with E-state index in [1.165, 1.54) is 0 Å². The molecule has 0 saturated carbocycles. The zero-order chi connectivity index (χ0) is 18.8. The largest absolute Gasteiger partial charge is 0.482 e. The summed E-state index contributed by atoms with van der Waals surface area (Å²) in [5.41, 5.74) is 4.47. The van der Waals surface area contributed by atoms with E-state index in [1.54, 1.807) is 18.2 Å². The van der Waals surface area contributed by atoms with Crippen molar-refractivity contribution >= 4 is 39.1 Å². The number of rotatable bonds is 9. The summed E-state index contributed by atoms with van der Waals surface area (Å²) in [6.07, 6.45) is 4.11. The number of nitrogens with one attached hydrogen (secondary N) is 1. The number of hydrazone groups is 1. The van der Waals surface area contributed by atoms with E-state index in [2.05, 4.69) is 33.4 Å². The molecular formula is C20H22BrClN2O2. The molecule has 0 heterocycles. The van der Waals surface area contributed by atoms with Crippen LogP contribution in [0.15, 0.2) is 58.1 Å². The molecule has 0 aromatic heterocycles. The molecule has 0 bridgehead atoms. The predicted molar refractivity (Wildman–Crippen MR) is 110 cm³/mol. The Bertz CT molecular complexity index is 751. The topological polar surface area (TPSA) is 50.7 Å². The Labute approximate surface area is 167 Å². The highest BCUT2D eigenvalue weighted by Gasteiger charge is 2.08. The molecule has 0 saturated heterocycles. The predicted octanol–water partition coefficient (Wildman–Crippen LogP) is 5.58. The molecule has 0 spiro atoms. The third-order valence-electron chi connectivity index (χ3n) is 3.69. The summed E-state index contributed by atoms with van der Waals surface area (Å²) in [5.74, 6) is 0.133. The number of amides is 1. The van der Waals surface area contributed by atoms with Crippen molar-refractivity contribution in [2.45, 2.75) is 32.6 Å². The minimum Gasteiger partial charge on any atom is -0.482 e. The molecule has 26 heavy (non-hydrogen) atoms. The second-order valence-corrected chi connectivity index (χ2v) is 7.10. The van der Waals surface area contributed by atoms with Crippen molar-refractivity contribution < 1.29 is 9.53 Å². The third kappa shape index (κ3) is 6.81. The molecule has 0 unspecified atom stereocenters. The van der Waals surface area contributed by atoms with Crippen molar-refractivity contribution in [2.24, 2.45) is 5.10 Å². The Morgan fingerprint density at radius 3 is 2.65 bits per heavy atom. The van der Waals surface area contributed by atoms with Crippen LogP contribution < -0.4 is 10.2 Å². The SMILES string of the molecule is CCCCCC(=NNC(=O)COc1ccc(Br)cc1Cl)c1ccccc1. The van der Waals surface area contributed by atoms with Gasteiger partial charge in [0, 0.05) is 4.47 Å². The number of unbranched alkanes of at least 4 members (excludes halogenated alkanes) is 2. The van der Waals surface area contributed by atoms with Crippen molar-refractivity contribution in [3.63, 3.8) is 0 Å². The van der Waals surface area contributed by atoms with Crippen molar-refractivity contribution in [1.29, 1.82) is 0 Å². The van der Waals surface area contributed by atoms with Crippen LogP contribution in [-0.2, 0) is 4.79 Å². The molecule has 4 nitrogen and oxygen atoms in total. The maximum absolute atomic E-state index is 12.1. The van der Waals surface area contributed by atoms with Crippen molar-refractivity contribution in [3.8, 4) is 5.75 Å². The maximum Gasteiger partial charge on any atom is 0.277 e. The Balaban J connectivity index is 1.95. The van der Waals surface area contributed by atoms with Gasteiger partial charge < -0.3 is 4.74 Å². The first-order valence-corrected chi connectivity index (χ1v) is 9.76. The van der Waals surface area contributed by atoms with Gasteiger partial charge in [0.2, 0.25) is 0 Å². The molecule has 1 amide bonds. The van der Waals surface area contributed by atoms with E-state index < -0.39 is 0 Å². The first-order chi connectivity index (χ1) is 12.6. The second kappa shape index (κ2) is 11.0. The van der Waals surface area contributed by atoms with Gasteiger partial charge in [0.15, 0.2) is 6.61 Å². The molecular weight excluding hydrogens is 416 g/mol. The summed E-state index contributed by atoms with van der Waals surface area (Å²) in [6, 6.07) is 15.1. The van der Waals surface area contributed by atoms with Gasteiger partial charge in [-0.05, 0) is 36.6 Å². The highest BCUT2D eigenvalue weighted by Crippen LogP contribution is 2.27. The molecule has 138 valence electrons. The van der Waals surface area contributed by atoms with Gasteiger partial charge >= 0.3 is 0 Å². The van der Waals surface area contributed by atoms with Crippen LogP contribution in [0.1, 0.15) is 38.2 Å². The van der Waals surface area contributed by atoms with Crippen LogP contribution >= 0.6 is 27.5 Å². The van der Waals surface area contributed by atoms with Gasteiger partial charge in [-0.15, -0.1) is 0 Å². The third-order valence-corrected chi connectivity index (χ3v) is 4.48. The molecule has 2 rings (SSSR count). The molecule has 2 aromatic carbocycles. The number of carbonyl (C=O) groups is 1. The molecule has 0 atom stereocenters. The van der Waals surface area contributed by atoms with Crippen molar-refractivity contribution in [3.05, 3.63) is 63.6 Å². The molecule has 0 fully saturated rings. The molecule has 0 aliphatic rings. The van der Waals surface area contributed by atoms with Crippen LogP contribution in [0.2, 0.25) is 5.02 Å². The molecule has 0 radical (unpaired) electrons. The summed E-state index contributed by atoms with van der Waals surface area (Å²) in [7, 11) is 0. The van der Waals surface area contributed by atoms with Gasteiger partial charge in [-0.1, -0.05) is 77.6 Å². The van der Waals surface area contributed by atoms with Crippen LogP contribution in [0.25, 0.3) is 0 Å². The number of hydrogen-bond donors (Lipinski definition) is 1. The van der Waals surface area contributed by atoms with Crippen LogP contribution in [0.5, 0.6) is 5.75 Å². The quantitative estimate of drug-likeness (QED) is 0.316. The number of halogens is 2. The van der Waals surface area contributed by atoms with E-state index in [0.29, 0.717) is 10.8 Å². The van der Waals surface area contributed by atoms with Crippen LogP contribution in [0.4, 0.5) is 0 Å². The first kappa shape index (κ1) is 20.5. The van der Waals surface area contributed by atoms with Gasteiger partial charge in [0.25, 0.3) is 5.91 Å². The lowest BCUT2D eigenvalue weighted by molar-refractivity contribution is -0.123. The fourth-order valence-electron chi connectivity index (χ4n) is 2.34. The van der Waals surface area contributed by atoms with Gasteiger partial charge in [-0.2, -0.15) is 5.10 Å². The zero-order valence-electron chi connectivity index (χ0n) is 14.7. The molecule has 1 N–H and O–H groups in total. The number of hydrogen-bond acceptors (Lipinski definition) is 3. The average Bonchev–Trinajstić information content (AvgIpc) is 2.64. The Hall–Kier alpha value is -1.85. The average molecular weight is 438 g/mol. The first-order valence-electron chi connectivity index (χ1n) is 8.59. The van der Waals surface area contributed by atoms with E-state index in [-0.39, 0.29) is 12.5 Å². The molecule has 6 heteroatoms. The van der Waals surface area contributed by atoms with E-state index in [0.717, 1.165) is 41.4 Å². The van der Waals surface area contributed by atoms with Crippen LogP contribution in [-0.4, -0.2) is 18.2 Å². The molecule has 2 aromatic rings. The minimum absolute atomic E-state index is 0.151.